The molecule has 1 saturated heterocycles. The first-order valence-corrected chi connectivity index (χ1v) is 5.31. The van der Waals surface area contributed by atoms with Crippen molar-refractivity contribution >= 4 is 23.5 Å². The van der Waals surface area contributed by atoms with Gasteiger partial charge in [-0.25, -0.2) is 0 Å². The molecule has 1 atom stereocenters. The largest absolute Gasteiger partial charge is 0.353 e. The molecule has 1 aliphatic heterocycles. The van der Waals surface area contributed by atoms with E-state index in [1.165, 1.54) is 6.42 Å². The first kappa shape index (κ1) is 11.7. The fourth-order valence-corrected chi connectivity index (χ4v) is 1.28. The summed E-state index contributed by atoms with van der Waals surface area (Å²) in [7, 11) is 6.28. The van der Waals surface area contributed by atoms with Crippen molar-refractivity contribution in [3.05, 3.63) is 0 Å². The van der Waals surface area contributed by atoms with E-state index in [-0.39, 0.29) is 11.4 Å². The molecule has 2 nitrogen and oxygen atoms in total. The molecule has 0 radical (unpaired) electrons. The second-order valence-corrected chi connectivity index (χ2v) is 4.66. The number of ether oxygens (including phenoxy) is 2. The number of hydrogen-bond acceptors (Lipinski definition) is 2. The average Bonchev–Trinajstić information content (AvgIpc) is 2.13. The zero-order valence-electron chi connectivity index (χ0n) is 9.43. The van der Waals surface area contributed by atoms with Crippen molar-refractivity contribution in [2.75, 3.05) is 13.2 Å². The molecular weight excluding hydrogens is 173 g/mol. The minimum absolute atomic E-state index is 0.0157. The zero-order chi connectivity index (χ0) is 10.4. The van der Waals surface area contributed by atoms with Gasteiger partial charge in [0.25, 0.3) is 0 Å². The molecule has 1 rings (SSSR count). The zero-order valence-corrected chi connectivity index (χ0v) is 9.43. The standard InChI is InChI=1S/C9H17B3O2/c10-9(11,12)5-3-7-14-8-4-1-2-6-13-8/h8H,1-2,4,6-7,10-12H2. The summed E-state index contributed by atoms with van der Waals surface area (Å²) < 4.78 is 10.9. The van der Waals surface area contributed by atoms with Crippen LogP contribution in [0.15, 0.2) is 0 Å². The fraction of sp³-hybridized carbons (Fsp3) is 0.778. The van der Waals surface area contributed by atoms with E-state index >= 15 is 0 Å². The third-order valence-corrected chi connectivity index (χ3v) is 1.94. The van der Waals surface area contributed by atoms with Crippen molar-refractivity contribution in [2.24, 2.45) is 0 Å². The number of hydrogen-bond donors (Lipinski definition) is 0. The molecule has 1 fully saturated rings. The van der Waals surface area contributed by atoms with Crippen molar-refractivity contribution < 1.29 is 9.47 Å². The van der Waals surface area contributed by atoms with Crippen LogP contribution in [0.2, 0.25) is 5.11 Å². The first-order valence-electron chi connectivity index (χ1n) is 5.31. The Morgan fingerprint density at radius 3 is 2.71 bits per heavy atom. The molecule has 1 unspecified atom stereocenters. The molecule has 0 amide bonds. The minimum atomic E-state index is -0.0157. The molecule has 1 aliphatic rings. The van der Waals surface area contributed by atoms with Gasteiger partial charge in [0.1, 0.15) is 30.1 Å². The summed E-state index contributed by atoms with van der Waals surface area (Å²) >= 11 is 0. The number of rotatable bonds is 2. The Labute approximate surface area is 89.3 Å². The van der Waals surface area contributed by atoms with Crippen LogP contribution >= 0.6 is 0 Å². The second-order valence-electron chi connectivity index (χ2n) is 4.66. The van der Waals surface area contributed by atoms with Gasteiger partial charge in [0.2, 0.25) is 0 Å². The Bertz CT molecular complexity index is 220. The Hall–Kier alpha value is -0.325. The van der Waals surface area contributed by atoms with Crippen LogP contribution in [0.25, 0.3) is 0 Å². The summed E-state index contributed by atoms with van der Waals surface area (Å²) in [5.74, 6) is 6.15. The summed E-state index contributed by atoms with van der Waals surface area (Å²) in [5.41, 5.74) is 0. The van der Waals surface area contributed by atoms with E-state index in [0.717, 1.165) is 19.4 Å². The van der Waals surface area contributed by atoms with Crippen LogP contribution in [0.5, 0.6) is 0 Å². The lowest BCUT2D eigenvalue weighted by Crippen LogP contribution is -2.22. The van der Waals surface area contributed by atoms with E-state index in [2.05, 4.69) is 35.4 Å². The van der Waals surface area contributed by atoms with E-state index in [9.17, 15) is 0 Å². The Morgan fingerprint density at radius 1 is 1.36 bits per heavy atom. The van der Waals surface area contributed by atoms with Gasteiger partial charge >= 0.3 is 0 Å². The third-order valence-electron chi connectivity index (χ3n) is 1.94. The van der Waals surface area contributed by atoms with Crippen LogP contribution in [0.4, 0.5) is 0 Å². The molecule has 0 aliphatic carbocycles. The lowest BCUT2D eigenvalue weighted by molar-refractivity contribution is -0.154. The Balaban J connectivity index is 2.16. The van der Waals surface area contributed by atoms with E-state index in [4.69, 9.17) is 9.47 Å². The highest BCUT2D eigenvalue weighted by molar-refractivity contribution is 6.61. The van der Waals surface area contributed by atoms with Crippen molar-refractivity contribution in [3.8, 4) is 11.8 Å². The highest BCUT2D eigenvalue weighted by atomic mass is 16.7. The molecule has 0 aromatic rings. The van der Waals surface area contributed by atoms with Crippen molar-refractivity contribution in [1.29, 1.82) is 0 Å². The van der Waals surface area contributed by atoms with Crippen LogP contribution < -0.4 is 0 Å². The van der Waals surface area contributed by atoms with E-state index in [0.29, 0.717) is 6.61 Å². The van der Waals surface area contributed by atoms with Crippen LogP contribution in [-0.2, 0) is 9.47 Å². The quantitative estimate of drug-likeness (QED) is 0.389. The van der Waals surface area contributed by atoms with E-state index < -0.39 is 0 Å². The second kappa shape index (κ2) is 5.53. The van der Waals surface area contributed by atoms with E-state index in [1.807, 2.05) is 0 Å². The smallest absolute Gasteiger partial charge is 0.158 e. The van der Waals surface area contributed by atoms with Crippen LogP contribution in [0, 0.1) is 11.8 Å². The highest BCUT2D eigenvalue weighted by Gasteiger charge is 2.13. The highest BCUT2D eigenvalue weighted by Crippen LogP contribution is 2.13. The topological polar surface area (TPSA) is 18.5 Å². The minimum Gasteiger partial charge on any atom is -0.353 e. The monoisotopic (exact) mass is 190 g/mol. The van der Waals surface area contributed by atoms with Gasteiger partial charge < -0.3 is 9.47 Å². The molecule has 0 spiro atoms. The maximum Gasteiger partial charge on any atom is 0.158 e. The predicted molar refractivity (Wildman–Crippen MR) is 65.6 cm³/mol. The molecule has 0 saturated carbocycles. The Morgan fingerprint density at radius 2 is 2.14 bits per heavy atom. The summed E-state index contributed by atoms with van der Waals surface area (Å²) in [4.78, 5) is 0. The normalized spacial score (nSPS) is 22.4. The molecule has 74 valence electrons. The molecule has 5 heteroatoms. The van der Waals surface area contributed by atoms with Crippen LogP contribution in [0.3, 0.4) is 0 Å². The Kier molecular flexibility index (Phi) is 4.64. The van der Waals surface area contributed by atoms with Crippen LogP contribution in [0.1, 0.15) is 19.3 Å². The molecule has 0 aromatic heterocycles. The summed E-state index contributed by atoms with van der Waals surface area (Å²) in [6, 6.07) is 0. The summed E-state index contributed by atoms with van der Waals surface area (Å²) in [6.07, 6.45) is 3.36. The predicted octanol–water partition coefficient (Wildman–Crippen LogP) is -1.49. The van der Waals surface area contributed by atoms with Crippen molar-refractivity contribution in [1.82, 2.24) is 0 Å². The summed E-state index contributed by atoms with van der Waals surface area (Å²) in [6.45, 7) is 1.32. The lowest BCUT2D eigenvalue weighted by Gasteiger charge is -2.21. The van der Waals surface area contributed by atoms with Gasteiger partial charge in [-0.2, -0.15) is 0 Å². The molecular formula is C9H17B3O2. The van der Waals surface area contributed by atoms with Crippen LogP contribution in [-0.4, -0.2) is 43.0 Å². The molecule has 0 aromatic carbocycles. The van der Waals surface area contributed by atoms with Gasteiger partial charge in [0.15, 0.2) is 6.29 Å². The molecule has 14 heavy (non-hydrogen) atoms. The van der Waals surface area contributed by atoms with Crippen molar-refractivity contribution in [3.63, 3.8) is 0 Å². The average molecular weight is 190 g/mol. The van der Waals surface area contributed by atoms with Gasteiger partial charge in [0.05, 0.1) is 0 Å². The molecule has 0 bridgehead atoms. The third kappa shape index (κ3) is 5.41. The van der Waals surface area contributed by atoms with Gasteiger partial charge in [-0.15, -0.1) is 5.92 Å². The SMILES string of the molecule is BC(B)(B)C#CCOC1CCCCO1. The van der Waals surface area contributed by atoms with Crippen molar-refractivity contribution in [2.45, 2.75) is 30.7 Å². The van der Waals surface area contributed by atoms with E-state index in [1.54, 1.807) is 0 Å². The lowest BCUT2D eigenvalue weighted by atomic mass is 9.43. The summed E-state index contributed by atoms with van der Waals surface area (Å²) in [5, 5.41) is 0.0663. The van der Waals surface area contributed by atoms with Gasteiger partial charge in [-0.1, -0.05) is 11.0 Å². The maximum absolute atomic E-state index is 5.48. The molecule has 0 N–H and O–H groups in total. The van der Waals surface area contributed by atoms with Gasteiger partial charge in [-0.3, -0.25) is 0 Å². The maximum atomic E-state index is 5.48. The van der Waals surface area contributed by atoms with Gasteiger partial charge in [-0.05, 0) is 19.3 Å². The first-order chi connectivity index (χ1) is 6.58. The molecule has 1 heterocycles. The fourth-order valence-electron chi connectivity index (χ4n) is 1.28. The van der Waals surface area contributed by atoms with Gasteiger partial charge in [0, 0.05) is 6.61 Å².